The van der Waals surface area contributed by atoms with Crippen LogP contribution in [0.1, 0.15) is 51.6 Å². The SMILES string of the molecule is CCCNC(CCC(C)C)c1cccc2c1OCCO2. The van der Waals surface area contributed by atoms with E-state index in [1.807, 2.05) is 6.07 Å². The van der Waals surface area contributed by atoms with Gasteiger partial charge in [0.25, 0.3) is 0 Å². The normalized spacial score (nSPS) is 15.4. The summed E-state index contributed by atoms with van der Waals surface area (Å²) in [5, 5.41) is 3.66. The molecular weight excluding hydrogens is 250 g/mol. The molecule has 0 aromatic heterocycles. The number of ether oxygens (including phenoxy) is 2. The first-order valence-electron chi connectivity index (χ1n) is 7.84. The highest BCUT2D eigenvalue weighted by atomic mass is 16.6. The Labute approximate surface area is 122 Å². The second kappa shape index (κ2) is 7.53. The Morgan fingerprint density at radius 2 is 1.95 bits per heavy atom. The Balaban J connectivity index is 2.18. The molecule has 0 spiro atoms. The highest BCUT2D eigenvalue weighted by molar-refractivity contribution is 5.48. The fourth-order valence-electron chi connectivity index (χ4n) is 2.56. The van der Waals surface area contributed by atoms with Gasteiger partial charge >= 0.3 is 0 Å². The van der Waals surface area contributed by atoms with Crippen LogP contribution in [0, 0.1) is 5.92 Å². The van der Waals surface area contributed by atoms with Crippen LogP contribution >= 0.6 is 0 Å². The predicted molar refractivity (Wildman–Crippen MR) is 82.5 cm³/mol. The zero-order valence-corrected chi connectivity index (χ0v) is 12.9. The topological polar surface area (TPSA) is 30.5 Å². The molecule has 0 bridgehead atoms. The van der Waals surface area contributed by atoms with E-state index in [1.54, 1.807) is 0 Å². The minimum atomic E-state index is 0.356. The standard InChI is InChI=1S/C17H27NO2/c1-4-10-18-15(9-8-13(2)3)14-6-5-7-16-17(14)20-12-11-19-16/h5-7,13,15,18H,4,8-12H2,1-3H3. The van der Waals surface area contributed by atoms with Crippen molar-refractivity contribution < 1.29 is 9.47 Å². The first kappa shape index (κ1) is 15.2. The van der Waals surface area contributed by atoms with Gasteiger partial charge in [0.15, 0.2) is 11.5 Å². The fraction of sp³-hybridized carbons (Fsp3) is 0.647. The van der Waals surface area contributed by atoms with Gasteiger partial charge in [0.05, 0.1) is 0 Å². The molecule has 1 unspecified atom stereocenters. The number of hydrogen-bond acceptors (Lipinski definition) is 3. The maximum atomic E-state index is 5.86. The third-order valence-electron chi connectivity index (χ3n) is 3.65. The lowest BCUT2D eigenvalue weighted by Crippen LogP contribution is -2.25. The number of benzene rings is 1. The molecular formula is C17H27NO2. The lowest BCUT2D eigenvalue weighted by atomic mass is 9.96. The molecule has 0 radical (unpaired) electrons. The molecule has 0 aliphatic carbocycles. The molecule has 0 saturated carbocycles. The summed E-state index contributed by atoms with van der Waals surface area (Å²) in [5.74, 6) is 2.55. The van der Waals surface area contributed by atoms with Crippen molar-refractivity contribution in [1.82, 2.24) is 5.32 Å². The van der Waals surface area contributed by atoms with Gasteiger partial charge in [-0.25, -0.2) is 0 Å². The van der Waals surface area contributed by atoms with Crippen molar-refractivity contribution in [3.05, 3.63) is 23.8 Å². The van der Waals surface area contributed by atoms with Crippen LogP contribution in [-0.4, -0.2) is 19.8 Å². The Bertz CT molecular complexity index is 417. The molecule has 1 aliphatic rings. The van der Waals surface area contributed by atoms with Crippen LogP contribution in [0.3, 0.4) is 0 Å². The molecule has 1 N–H and O–H groups in total. The van der Waals surface area contributed by atoms with Gasteiger partial charge in [-0.2, -0.15) is 0 Å². The fourth-order valence-corrected chi connectivity index (χ4v) is 2.56. The molecule has 0 amide bonds. The van der Waals surface area contributed by atoms with E-state index in [0.29, 0.717) is 19.3 Å². The molecule has 1 heterocycles. The lowest BCUT2D eigenvalue weighted by molar-refractivity contribution is 0.168. The van der Waals surface area contributed by atoms with Crippen LogP contribution in [0.15, 0.2) is 18.2 Å². The zero-order chi connectivity index (χ0) is 14.4. The number of nitrogens with one attached hydrogen (secondary N) is 1. The zero-order valence-electron chi connectivity index (χ0n) is 12.9. The molecule has 1 atom stereocenters. The monoisotopic (exact) mass is 277 g/mol. The van der Waals surface area contributed by atoms with Crippen molar-refractivity contribution in [1.29, 1.82) is 0 Å². The molecule has 112 valence electrons. The van der Waals surface area contributed by atoms with Gasteiger partial charge in [-0.15, -0.1) is 0 Å². The molecule has 1 aromatic carbocycles. The highest BCUT2D eigenvalue weighted by Gasteiger charge is 2.21. The second-order valence-electron chi connectivity index (χ2n) is 5.85. The van der Waals surface area contributed by atoms with Crippen molar-refractivity contribution in [3.8, 4) is 11.5 Å². The van der Waals surface area contributed by atoms with Gasteiger partial charge in [0.1, 0.15) is 13.2 Å². The highest BCUT2D eigenvalue weighted by Crippen LogP contribution is 2.38. The van der Waals surface area contributed by atoms with Gasteiger partial charge in [-0.05, 0) is 37.8 Å². The minimum Gasteiger partial charge on any atom is -0.486 e. The molecule has 20 heavy (non-hydrogen) atoms. The first-order valence-corrected chi connectivity index (χ1v) is 7.84. The van der Waals surface area contributed by atoms with Crippen molar-refractivity contribution >= 4 is 0 Å². The van der Waals surface area contributed by atoms with Crippen molar-refractivity contribution in [3.63, 3.8) is 0 Å². The van der Waals surface area contributed by atoms with Crippen LogP contribution in [-0.2, 0) is 0 Å². The molecule has 2 rings (SSSR count). The van der Waals surface area contributed by atoms with E-state index < -0.39 is 0 Å². The lowest BCUT2D eigenvalue weighted by Gasteiger charge is -2.26. The Morgan fingerprint density at radius 1 is 1.15 bits per heavy atom. The van der Waals surface area contributed by atoms with E-state index in [4.69, 9.17) is 9.47 Å². The minimum absolute atomic E-state index is 0.356. The summed E-state index contributed by atoms with van der Waals surface area (Å²) < 4.78 is 11.5. The van der Waals surface area contributed by atoms with E-state index in [2.05, 4.69) is 38.2 Å². The van der Waals surface area contributed by atoms with Gasteiger partial charge < -0.3 is 14.8 Å². The number of rotatable bonds is 7. The largest absolute Gasteiger partial charge is 0.486 e. The predicted octanol–water partition coefficient (Wildman–Crippen LogP) is 3.93. The van der Waals surface area contributed by atoms with Crippen LogP contribution in [0.4, 0.5) is 0 Å². The third-order valence-corrected chi connectivity index (χ3v) is 3.65. The molecule has 3 heteroatoms. The van der Waals surface area contributed by atoms with Crippen LogP contribution in [0.25, 0.3) is 0 Å². The Morgan fingerprint density at radius 3 is 2.70 bits per heavy atom. The van der Waals surface area contributed by atoms with Crippen molar-refractivity contribution in [2.75, 3.05) is 19.8 Å². The maximum Gasteiger partial charge on any atom is 0.166 e. The van der Waals surface area contributed by atoms with E-state index >= 15 is 0 Å². The summed E-state index contributed by atoms with van der Waals surface area (Å²) >= 11 is 0. The summed E-state index contributed by atoms with van der Waals surface area (Å²) in [7, 11) is 0. The smallest absolute Gasteiger partial charge is 0.166 e. The van der Waals surface area contributed by atoms with Gasteiger partial charge in [-0.1, -0.05) is 32.9 Å². The van der Waals surface area contributed by atoms with Gasteiger partial charge in [-0.3, -0.25) is 0 Å². The Hall–Kier alpha value is -1.22. The summed E-state index contributed by atoms with van der Waals surface area (Å²) in [6.45, 7) is 9.08. The summed E-state index contributed by atoms with van der Waals surface area (Å²) in [6, 6.07) is 6.59. The molecule has 1 aliphatic heterocycles. The summed E-state index contributed by atoms with van der Waals surface area (Å²) in [5.41, 5.74) is 1.25. The van der Waals surface area contributed by atoms with E-state index in [0.717, 1.165) is 36.8 Å². The van der Waals surface area contributed by atoms with E-state index in [9.17, 15) is 0 Å². The van der Waals surface area contributed by atoms with Crippen molar-refractivity contribution in [2.45, 2.75) is 46.1 Å². The average Bonchev–Trinajstić information content (AvgIpc) is 2.47. The van der Waals surface area contributed by atoms with Gasteiger partial charge in [0, 0.05) is 11.6 Å². The molecule has 0 fully saturated rings. The molecule has 1 aromatic rings. The summed E-state index contributed by atoms with van der Waals surface area (Å²) in [4.78, 5) is 0. The first-order chi connectivity index (χ1) is 9.72. The third kappa shape index (κ3) is 3.89. The van der Waals surface area contributed by atoms with E-state index in [-0.39, 0.29) is 0 Å². The van der Waals surface area contributed by atoms with Crippen molar-refractivity contribution in [2.24, 2.45) is 5.92 Å². The maximum absolute atomic E-state index is 5.86. The Kier molecular flexibility index (Phi) is 5.72. The molecule has 0 saturated heterocycles. The van der Waals surface area contributed by atoms with E-state index in [1.165, 1.54) is 12.0 Å². The average molecular weight is 277 g/mol. The van der Waals surface area contributed by atoms with Crippen LogP contribution < -0.4 is 14.8 Å². The quantitative estimate of drug-likeness (QED) is 0.819. The van der Waals surface area contributed by atoms with Crippen LogP contribution in [0.2, 0.25) is 0 Å². The number of hydrogen-bond donors (Lipinski definition) is 1. The van der Waals surface area contributed by atoms with Crippen LogP contribution in [0.5, 0.6) is 11.5 Å². The van der Waals surface area contributed by atoms with Gasteiger partial charge in [0.2, 0.25) is 0 Å². The number of para-hydroxylation sites is 1. The summed E-state index contributed by atoms with van der Waals surface area (Å²) in [6.07, 6.45) is 3.49. The number of fused-ring (bicyclic) bond motifs is 1. The second-order valence-corrected chi connectivity index (χ2v) is 5.85. The molecule has 3 nitrogen and oxygen atoms in total.